The summed E-state index contributed by atoms with van der Waals surface area (Å²) < 4.78 is 33.1. The van der Waals surface area contributed by atoms with Crippen molar-refractivity contribution in [3.05, 3.63) is 36.5 Å². The molecule has 0 saturated carbocycles. The number of ether oxygens (including phenoxy) is 2. The topological polar surface area (TPSA) is 132 Å². The molecule has 0 aliphatic rings. The minimum absolute atomic E-state index is 0.0390. The van der Waals surface area contributed by atoms with Crippen molar-refractivity contribution < 1.29 is 43.0 Å². The fraction of sp³-hybridized carbons (Fsp3) is 0.806. The van der Waals surface area contributed by atoms with E-state index in [1.807, 2.05) is 0 Å². The predicted molar refractivity (Wildman–Crippen MR) is 187 cm³/mol. The highest BCUT2D eigenvalue weighted by atomic mass is 31.2. The number of allylic oxidation sites excluding steroid dienone is 6. The van der Waals surface area contributed by atoms with E-state index in [9.17, 15) is 19.4 Å². The van der Waals surface area contributed by atoms with Crippen molar-refractivity contribution in [2.24, 2.45) is 0 Å². The van der Waals surface area contributed by atoms with E-state index in [1.165, 1.54) is 44.9 Å². The van der Waals surface area contributed by atoms with Gasteiger partial charge < -0.3 is 24.6 Å². The van der Waals surface area contributed by atoms with Gasteiger partial charge >= 0.3 is 13.8 Å². The van der Waals surface area contributed by atoms with Crippen LogP contribution in [0.1, 0.15) is 142 Å². The zero-order chi connectivity index (χ0) is 34.0. The van der Waals surface area contributed by atoms with Crippen molar-refractivity contribution in [3.63, 3.8) is 0 Å². The fourth-order valence-corrected chi connectivity index (χ4v) is 5.28. The number of hydrogen-bond acceptors (Lipinski definition) is 8. The standard InChI is InChI=1S/C36H67O9P/c1-3-5-7-9-11-13-15-17-18-20-22-24-26-28-36(39)45-35(33-44-46(40,41)43-31-34(38)30-37)32-42-29-27-25-23-21-19-16-14-12-10-8-6-4-2/h7,9-10,12-13,15,34-35,37-38H,3-6,8,11,14,16-33H2,1-2H3,(H,40,41)/b9-7-,12-10-,15-13-. The maximum Gasteiger partial charge on any atom is 0.472 e. The molecule has 0 amide bonds. The summed E-state index contributed by atoms with van der Waals surface area (Å²) in [5.74, 6) is -0.402. The summed E-state index contributed by atoms with van der Waals surface area (Å²) in [5, 5.41) is 18.2. The molecule has 0 bridgehead atoms. The molecule has 0 heterocycles. The minimum Gasteiger partial charge on any atom is -0.457 e. The molecule has 0 rings (SSSR count). The van der Waals surface area contributed by atoms with Gasteiger partial charge in [0, 0.05) is 13.0 Å². The first-order valence-corrected chi connectivity index (χ1v) is 19.5. The molecule has 3 unspecified atom stereocenters. The Bertz CT molecular complexity index is 815. The van der Waals surface area contributed by atoms with Gasteiger partial charge in [-0.15, -0.1) is 0 Å². The van der Waals surface area contributed by atoms with Crippen molar-refractivity contribution in [3.8, 4) is 0 Å². The third-order valence-corrected chi connectivity index (χ3v) is 8.23. The molecule has 0 aliphatic carbocycles. The molecule has 0 saturated heterocycles. The van der Waals surface area contributed by atoms with Gasteiger partial charge in [-0.1, -0.05) is 115 Å². The molecule has 0 fully saturated rings. The van der Waals surface area contributed by atoms with Crippen LogP contribution < -0.4 is 0 Å². The van der Waals surface area contributed by atoms with Crippen LogP contribution in [-0.4, -0.2) is 66.3 Å². The first-order valence-electron chi connectivity index (χ1n) is 18.0. The second-order valence-electron chi connectivity index (χ2n) is 11.9. The number of phosphoric acid groups is 1. The third kappa shape index (κ3) is 32.6. The van der Waals surface area contributed by atoms with Crippen molar-refractivity contribution in [2.45, 2.75) is 154 Å². The Morgan fingerprint density at radius 3 is 1.85 bits per heavy atom. The number of aliphatic hydroxyl groups is 2. The molecule has 10 heteroatoms. The Morgan fingerprint density at radius 1 is 0.674 bits per heavy atom. The van der Waals surface area contributed by atoms with E-state index >= 15 is 0 Å². The molecular weight excluding hydrogens is 607 g/mol. The molecule has 3 N–H and O–H groups in total. The Kier molecular flexibility index (Phi) is 32.6. The number of phosphoric ester groups is 1. The Balaban J connectivity index is 4.30. The van der Waals surface area contributed by atoms with Crippen molar-refractivity contribution >= 4 is 13.8 Å². The predicted octanol–water partition coefficient (Wildman–Crippen LogP) is 8.91. The van der Waals surface area contributed by atoms with Crippen molar-refractivity contribution in [1.82, 2.24) is 0 Å². The molecule has 270 valence electrons. The Hall–Kier alpha value is -1.32. The maximum atomic E-state index is 12.5. The smallest absolute Gasteiger partial charge is 0.457 e. The van der Waals surface area contributed by atoms with E-state index < -0.39 is 39.2 Å². The highest BCUT2D eigenvalue weighted by Gasteiger charge is 2.26. The summed E-state index contributed by atoms with van der Waals surface area (Å²) in [6.07, 6.45) is 32.4. The fourth-order valence-electron chi connectivity index (χ4n) is 4.49. The number of carbonyl (C=O) groups excluding carboxylic acids is 1. The van der Waals surface area contributed by atoms with Gasteiger partial charge in [0.05, 0.1) is 26.4 Å². The Labute approximate surface area is 280 Å². The van der Waals surface area contributed by atoms with Crippen LogP contribution in [0.3, 0.4) is 0 Å². The lowest BCUT2D eigenvalue weighted by Crippen LogP contribution is -2.29. The maximum absolute atomic E-state index is 12.5. The van der Waals surface area contributed by atoms with Gasteiger partial charge in [-0.3, -0.25) is 13.8 Å². The third-order valence-electron chi connectivity index (χ3n) is 7.28. The molecule has 0 aromatic rings. The van der Waals surface area contributed by atoms with Crippen LogP contribution in [0.5, 0.6) is 0 Å². The van der Waals surface area contributed by atoms with Crippen LogP contribution in [-0.2, 0) is 27.9 Å². The lowest BCUT2D eigenvalue weighted by atomic mass is 10.1. The van der Waals surface area contributed by atoms with Crippen LogP contribution >= 0.6 is 7.82 Å². The molecule has 0 aliphatic heterocycles. The zero-order valence-electron chi connectivity index (χ0n) is 29.0. The van der Waals surface area contributed by atoms with E-state index in [1.54, 1.807) is 0 Å². The van der Waals surface area contributed by atoms with Gasteiger partial charge in [-0.05, 0) is 57.8 Å². The van der Waals surface area contributed by atoms with Gasteiger partial charge in [0.15, 0.2) is 0 Å². The van der Waals surface area contributed by atoms with Crippen LogP contribution in [0.2, 0.25) is 0 Å². The summed E-state index contributed by atoms with van der Waals surface area (Å²) in [6.45, 7) is 3.36. The van der Waals surface area contributed by atoms with Gasteiger partial charge in [-0.2, -0.15) is 0 Å². The molecule has 0 aromatic heterocycles. The summed E-state index contributed by atoms with van der Waals surface area (Å²) in [5.41, 5.74) is 0. The van der Waals surface area contributed by atoms with Gasteiger partial charge in [0.2, 0.25) is 0 Å². The van der Waals surface area contributed by atoms with E-state index in [-0.39, 0.29) is 19.6 Å². The molecular formula is C36H67O9P. The summed E-state index contributed by atoms with van der Waals surface area (Å²) in [7, 11) is -4.51. The lowest BCUT2D eigenvalue weighted by molar-refractivity contribution is -0.154. The molecule has 0 radical (unpaired) electrons. The molecule has 0 aromatic carbocycles. The summed E-state index contributed by atoms with van der Waals surface area (Å²) in [4.78, 5) is 22.4. The van der Waals surface area contributed by atoms with Gasteiger partial charge in [0.1, 0.15) is 12.2 Å². The van der Waals surface area contributed by atoms with Crippen LogP contribution in [0, 0.1) is 0 Å². The van der Waals surface area contributed by atoms with Crippen LogP contribution in [0.25, 0.3) is 0 Å². The van der Waals surface area contributed by atoms with Crippen molar-refractivity contribution in [1.29, 1.82) is 0 Å². The second-order valence-corrected chi connectivity index (χ2v) is 13.3. The molecule has 0 spiro atoms. The zero-order valence-corrected chi connectivity index (χ0v) is 29.9. The number of hydrogen-bond donors (Lipinski definition) is 3. The normalized spacial score (nSPS) is 14.8. The average Bonchev–Trinajstić information content (AvgIpc) is 3.04. The average molecular weight is 675 g/mol. The minimum atomic E-state index is -4.51. The second kappa shape index (κ2) is 33.6. The first-order chi connectivity index (χ1) is 22.3. The first kappa shape index (κ1) is 44.7. The highest BCUT2D eigenvalue weighted by molar-refractivity contribution is 7.47. The van der Waals surface area contributed by atoms with Crippen molar-refractivity contribution in [2.75, 3.05) is 33.0 Å². The van der Waals surface area contributed by atoms with E-state index in [0.29, 0.717) is 13.0 Å². The number of rotatable bonds is 34. The van der Waals surface area contributed by atoms with E-state index in [0.717, 1.165) is 70.6 Å². The number of aliphatic hydroxyl groups excluding tert-OH is 2. The molecule has 9 nitrogen and oxygen atoms in total. The number of esters is 1. The largest absolute Gasteiger partial charge is 0.472 e. The summed E-state index contributed by atoms with van der Waals surface area (Å²) in [6, 6.07) is 0. The van der Waals surface area contributed by atoms with E-state index in [4.69, 9.17) is 23.6 Å². The van der Waals surface area contributed by atoms with Crippen LogP contribution in [0.4, 0.5) is 0 Å². The highest BCUT2D eigenvalue weighted by Crippen LogP contribution is 2.43. The number of carbonyl (C=O) groups is 1. The van der Waals surface area contributed by atoms with Gasteiger partial charge in [0.25, 0.3) is 0 Å². The Morgan fingerprint density at radius 2 is 1.22 bits per heavy atom. The summed E-state index contributed by atoms with van der Waals surface area (Å²) >= 11 is 0. The number of unbranched alkanes of at least 4 members (excludes halogenated alkanes) is 14. The molecule has 46 heavy (non-hydrogen) atoms. The SMILES string of the molecule is CCC/C=C\C/C=C\CCCCCCCC(=O)OC(COCCCCCCCC/C=C\CCCC)COP(=O)(O)OCC(O)CO. The van der Waals surface area contributed by atoms with E-state index in [2.05, 4.69) is 50.3 Å². The monoisotopic (exact) mass is 674 g/mol. The molecule has 3 atom stereocenters. The van der Waals surface area contributed by atoms with Crippen LogP contribution in [0.15, 0.2) is 36.5 Å². The quantitative estimate of drug-likeness (QED) is 0.0265. The van der Waals surface area contributed by atoms with Gasteiger partial charge in [-0.25, -0.2) is 4.57 Å². The lowest BCUT2D eigenvalue weighted by Gasteiger charge is -2.20.